The average Bonchev–Trinajstić information content (AvgIpc) is 2.11. The molecule has 0 spiro atoms. The number of rotatable bonds is 6. The third-order valence-corrected chi connectivity index (χ3v) is 1.91. The van der Waals surface area contributed by atoms with E-state index < -0.39 is 6.10 Å². The Morgan fingerprint density at radius 1 is 1.44 bits per heavy atom. The van der Waals surface area contributed by atoms with Crippen molar-refractivity contribution in [1.82, 2.24) is 10.6 Å². The second-order valence-electron chi connectivity index (χ2n) is 4.98. The van der Waals surface area contributed by atoms with Gasteiger partial charge in [-0.2, -0.15) is 0 Å². The third kappa shape index (κ3) is 7.62. The van der Waals surface area contributed by atoms with Crippen LogP contribution in [0.5, 0.6) is 0 Å². The lowest BCUT2D eigenvalue weighted by atomic mass is 10.1. The zero-order valence-electron chi connectivity index (χ0n) is 10.8. The van der Waals surface area contributed by atoms with Gasteiger partial charge < -0.3 is 20.5 Å². The van der Waals surface area contributed by atoms with Crippen LogP contribution in [0.25, 0.3) is 0 Å². The van der Waals surface area contributed by atoms with Gasteiger partial charge in [-0.25, -0.2) is 0 Å². The number of hydrogen-bond donors (Lipinski definition) is 3. The zero-order chi connectivity index (χ0) is 12.8. The number of nitrogens with one attached hydrogen (secondary N) is 2. The first-order valence-electron chi connectivity index (χ1n) is 5.48. The van der Waals surface area contributed by atoms with E-state index >= 15 is 0 Å². The summed E-state index contributed by atoms with van der Waals surface area (Å²) in [7, 11) is 1.53. The Morgan fingerprint density at radius 3 is 2.44 bits per heavy atom. The first-order chi connectivity index (χ1) is 7.26. The van der Waals surface area contributed by atoms with Gasteiger partial charge in [-0.1, -0.05) is 0 Å². The van der Waals surface area contributed by atoms with E-state index in [1.54, 1.807) is 6.92 Å². The summed E-state index contributed by atoms with van der Waals surface area (Å²) in [5.74, 6) is -0.0721. The fourth-order valence-electron chi connectivity index (χ4n) is 1.13. The Balaban J connectivity index is 3.88. The molecule has 0 aliphatic rings. The van der Waals surface area contributed by atoms with Gasteiger partial charge in [0.25, 0.3) is 0 Å². The van der Waals surface area contributed by atoms with Crippen LogP contribution in [-0.4, -0.2) is 49.0 Å². The number of carbonyl (C=O) groups is 1. The van der Waals surface area contributed by atoms with Crippen molar-refractivity contribution >= 4 is 5.91 Å². The lowest BCUT2D eigenvalue weighted by molar-refractivity contribution is -0.124. The maximum atomic E-state index is 11.6. The van der Waals surface area contributed by atoms with Crippen molar-refractivity contribution in [2.45, 2.75) is 45.4 Å². The number of carbonyl (C=O) groups excluding carboxylic acids is 1. The minimum Gasteiger partial charge on any atom is -0.389 e. The first-order valence-corrected chi connectivity index (χ1v) is 5.48. The normalized spacial score (nSPS) is 15.6. The highest BCUT2D eigenvalue weighted by Crippen LogP contribution is 1.99. The van der Waals surface area contributed by atoms with Crippen LogP contribution < -0.4 is 10.6 Å². The number of aliphatic hydroxyl groups is 1. The predicted octanol–water partition coefficient (Wildman–Crippen LogP) is -0.113. The molecule has 96 valence electrons. The Labute approximate surface area is 97.6 Å². The van der Waals surface area contributed by atoms with Crippen LogP contribution in [0.1, 0.15) is 27.7 Å². The SMILES string of the molecule is COCC(O)CNC(C)C(=O)NC(C)(C)C. The minimum atomic E-state index is -0.588. The minimum absolute atomic E-state index is 0.0721. The number of methoxy groups -OCH3 is 1. The molecule has 0 heterocycles. The van der Waals surface area contributed by atoms with Gasteiger partial charge >= 0.3 is 0 Å². The molecule has 2 atom stereocenters. The second-order valence-corrected chi connectivity index (χ2v) is 4.98. The van der Waals surface area contributed by atoms with Gasteiger partial charge in [0.1, 0.15) is 0 Å². The smallest absolute Gasteiger partial charge is 0.237 e. The van der Waals surface area contributed by atoms with Crippen molar-refractivity contribution < 1.29 is 14.6 Å². The Hall–Kier alpha value is -0.650. The van der Waals surface area contributed by atoms with Gasteiger partial charge in [0.15, 0.2) is 0 Å². The Kier molecular flexibility index (Phi) is 6.55. The molecule has 1 amide bonds. The van der Waals surface area contributed by atoms with Crippen LogP contribution in [0, 0.1) is 0 Å². The van der Waals surface area contributed by atoms with Crippen LogP contribution >= 0.6 is 0 Å². The van der Waals surface area contributed by atoms with Gasteiger partial charge in [-0.05, 0) is 27.7 Å². The van der Waals surface area contributed by atoms with Gasteiger partial charge in [0, 0.05) is 19.2 Å². The summed E-state index contributed by atoms with van der Waals surface area (Å²) < 4.78 is 4.79. The van der Waals surface area contributed by atoms with Crippen LogP contribution in [0.4, 0.5) is 0 Å². The quantitative estimate of drug-likeness (QED) is 0.597. The first kappa shape index (κ1) is 15.3. The van der Waals surface area contributed by atoms with Crippen molar-refractivity contribution in [3.8, 4) is 0 Å². The molecule has 0 bridgehead atoms. The Morgan fingerprint density at radius 2 is 2.00 bits per heavy atom. The van der Waals surface area contributed by atoms with E-state index in [1.807, 2.05) is 20.8 Å². The van der Waals surface area contributed by atoms with E-state index in [0.29, 0.717) is 6.54 Å². The summed E-state index contributed by atoms with van der Waals surface area (Å²) in [5, 5.41) is 15.2. The van der Waals surface area contributed by atoms with Gasteiger partial charge in [-0.15, -0.1) is 0 Å². The van der Waals surface area contributed by atoms with Gasteiger partial charge in [-0.3, -0.25) is 4.79 Å². The summed E-state index contributed by atoms with van der Waals surface area (Å²) >= 11 is 0. The zero-order valence-corrected chi connectivity index (χ0v) is 10.8. The second kappa shape index (κ2) is 6.83. The standard InChI is InChI=1S/C11H24N2O3/c1-8(10(15)13-11(2,3)4)12-6-9(14)7-16-5/h8-9,12,14H,6-7H2,1-5H3,(H,13,15). The topological polar surface area (TPSA) is 70.6 Å². The summed E-state index contributed by atoms with van der Waals surface area (Å²) in [4.78, 5) is 11.6. The maximum absolute atomic E-state index is 11.6. The molecule has 3 N–H and O–H groups in total. The summed E-state index contributed by atoms with van der Waals surface area (Å²) in [6, 6.07) is -0.328. The van der Waals surface area contributed by atoms with E-state index in [0.717, 1.165) is 0 Å². The van der Waals surface area contributed by atoms with Crippen molar-refractivity contribution in [3.63, 3.8) is 0 Å². The summed E-state index contributed by atoms with van der Waals surface area (Å²) in [6.07, 6.45) is -0.588. The number of hydrogen-bond acceptors (Lipinski definition) is 4. The average molecular weight is 232 g/mol. The molecule has 2 unspecified atom stereocenters. The lowest BCUT2D eigenvalue weighted by Crippen LogP contribution is -2.50. The summed E-state index contributed by atoms with van der Waals surface area (Å²) in [6.45, 7) is 8.15. The number of amides is 1. The molecule has 0 saturated carbocycles. The van der Waals surface area contributed by atoms with Crippen molar-refractivity contribution in [1.29, 1.82) is 0 Å². The summed E-state index contributed by atoms with van der Waals surface area (Å²) in [5.41, 5.74) is -0.238. The molecular formula is C11H24N2O3. The highest BCUT2D eigenvalue weighted by atomic mass is 16.5. The van der Waals surface area contributed by atoms with Crippen LogP contribution in [0.2, 0.25) is 0 Å². The molecule has 0 aliphatic heterocycles. The monoisotopic (exact) mass is 232 g/mol. The van der Waals surface area contributed by atoms with Crippen molar-refractivity contribution in [2.75, 3.05) is 20.3 Å². The molecule has 0 rings (SSSR count). The van der Waals surface area contributed by atoms with Crippen molar-refractivity contribution in [3.05, 3.63) is 0 Å². The fourth-order valence-corrected chi connectivity index (χ4v) is 1.13. The highest BCUT2D eigenvalue weighted by molar-refractivity contribution is 5.81. The van der Waals surface area contributed by atoms with Gasteiger partial charge in [0.05, 0.1) is 18.8 Å². The molecule has 0 aliphatic carbocycles. The number of ether oxygens (including phenoxy) is 1. The molecule has 0 aromatic rings. The van der Waals surface area contributed by atoms with Crippen LogP contribution in [-0.2, 0) is 9.53 Å². The fraction of sp³-hybridized carbons (Fsp3) is 0.909. The highest BCUT2D eigenvalue weighted by Gasteiger charge is 2.19. The molecular weight excluding hydrogens is 208 g/mol. The molecule has 5 nitrogen and oxygen atoms in total. The predicted molar refractivity (Wildman–Crippen MR) is 63.2 cm³/mol. The molecule has 5 heteroatoms. The van der Waals surface area contributed by atoms with Crippen molar-refractivity contribution in [2.24, 2.45) is 0 Å². The van der Waals surface area contributed by atoms with Crippen LogP contribution in [0.3, 0.4) is 0 Å². The van der Waals surface area contributed by atoms with E-state index in [1.165, 1.54) is 7.11 Å². The molecule has 0 radical (unpaired) electrons. The van der Waals surface area contributed by atoms with E-state index in [-0.39, 0.29) is 24.1 Å². The van der Waals surface area contributed by atoms with E-state index in [9.17, 15) is 9.90 Å². The molecule has 0 aromatic carbocycles. The number of aliphatic hydroxyl groups excluding tert-OH is 1. The molecule has 0 fully saturated rings. The van der Waals surface area contributed by atoms with E-state index in [4.69, 9.17) is 4.74 Å². The largest absolute Gasteiger partial charge is 0.389 e. The Bertz CT molecular complexity index is 214. The lowest BCUT2D eigenvalue weighted by Gasteiger charge is -2.24. The van der Waals surface area contributed by atoms with Gasteiger partial charge in [0.2, 0.25) is 5.91 Å². The molecule has 0 saturated heterocycles. The molecule has 16 heavy (non-hydrogen) atoms. The van der Waals surface area contributed by atoms with E-state index in [2.05, 4.69) is 10.6 Å². The maximum Gasteiger partial charge on any atom is 0.237 e. The molecule has 0 aromatic heterocycles. The van der Waals surface area contributed by atoms with Crippen LogP contribution in [0.15, 0.2) is 0 Å². The third-order valence-electron chi connectivity index (χ3n) is 1.91.